The second kappa shape index (κ2) is 6.49. The second-order valence-electron chi connectivity index (χ2n) is 3.27. The van der Waals surface area contributed by atoms with E-state index in [2.05, 4.69) is 0 Å². The number of carboxylic acids is 2. The van der Waals surface area contributed by atoms with Gasteiger partial charge in [-0.1, -0.05) is 0 Å². The van der Waals surface area contributed by atoms with E-state index in [1.54, 1.807) is 0 Å². The molecule has 0 saturated heterocycles. The zero-order valence-electron chi connectivity index (χ0n) is 9.54. The predicted octanol–water partition coefficient (Wildman–Crippen LogP) is -1.26. The van der Waals surface area contributed by atoms with Crippen molar-refractivity contribution in [3.8, 4) is 0 Å². The normalized spacial score (nSPS) is 10.6. The Balaban J connectivity index is 0.00000289. The van der Waals surface area contributed by atoms with Gasteiger partial charge in [0.15, 0.2) is 0 Å². The molecule has 1 aromatic carbocycles. The summed E-state index contributed by atoms with van der Waals surface area (Å²) in [4.78, 5) is 20.6. The van der Waals surface area contributed by atoms with Gasteiger partial charge in [0.05, 0.1) is 0 Å². The van der Waals surface area contributed by atoms with Crippen molar-refractivity contribution in [1.29, 1.82) is 0 Å². The van der Waals surface area contributed by atoms with Gasteiger partial charge in [-0.05, 0) is 0 Å². The molecule has 0 aromatic heterocycles. The van der Waals surface area contributed by atoms with Crippen LogP contribution < -0.4 is 2.81 Å². The third-order valence-electron chi connectivity index (χ3n) is 1.95. The minimum atomic E-state index is -4.92. The summed E-state index contributed by atoms with van der Waals surface area (Å²) in [6.45, 7) is 0. The van der Waals surface area contributed by atoms with Crippen LogP contribution in [-0.2, 0) is 10.1 Å². The van der Waals surface area contributed by atoms with Gasteiger partial charge in [0, 0.05) is 29.6 Å². The quantitative estimate of drug-likeness (QED) is 0.468. The molecule has 0 fully saturated rings. The molecule has 0 saturated carbocycles. The zero-order chi connectivity index (χ0) is 13.4. The van der Waals surface area contributed by atoms with Crippen LogP contribution in [0.2, 0.25) is 0 Å². The van der Waals surface area contributed by atoms with Crippen LogP contribution in [-0.4, -0.2) is 92.6 Å². The molecule has 0 aliphatic rings. The summed E-state index contributed by atoms with van der Waals surface area (Å²) in [5, 5.41) is 17.6. The van der Waals surface area contributed by atoms with Crippen LogP contribution in [0.5, 0.6) is 0 Å². The maximum Gasteiger partial charge on any atom is 0 e. The zero-order valence-corrected chi connectivity index (χ0v) is 14.4. The van der Waals surface area contributed by atoms with E-state index in [1.165, 1.54) is 0 Å². The fraction of sp³-hybridized carbons (Fsp3) is 0. The summed E-state index contributed by atoms with van der Waals surface area (Å²) >= 11 is 0.344. The van der Waals surface area contributed by atoms with E-state index < -0.39 is 38.1 Å². The first kappa shape index (κ1) is 18.1. The molecule has 0 amide bonds. The van der Waals surface area contributed by atoms with E-state index in [4.69, 9.17) is 14.8 Å². The molecule has 0 aliphatic heterocycles. The van der Waals surface area contributed by atoms with Crippen LogP contribution in [0.15, 0.2) is 17.0 Å². The first-order valence-electron chi connectivity index (χ1n) is 4.23. The van der Waals surface area contributed by atoms with E-state index in [0.29, 0.717) is 30.7 Å². The molecule has 3 N–H and O–H groups in total. The van der Waals surface area contributed by atoms with E-state index in [-0.39, 0.29) is 29.6 Å². The van der Waals surface area contributed by atoms with Gasteiger partial charge >= 0.3 is 114 Å². The number of hydrogen-bond acceptors (Lipinski definition) is 4. The Labute approximate surface area is 142 Å². The minimum Gasteiger partial charge on any atom is 0 e. The summed E-state index contributed by atoms with van der Waals surface area (Å²) in [6, 6.07) is 2.06. The van der Waals surface area contributed by atoms with Gasteiger partial charge in [0.2, 0.25) is 0 Å². The van der Waals surface area contributed by atoms with Crippen molar-refractivity contribution in [3.63, 3.8) is 0 Å². The number of rotatable bonds is 3. The summed E-state index contributed by atoms with van der Waals surface area (Å²) < 4.78 is 31.4. The summed E-state index contributed by atoms with van der Waals surface area (Å²) in [6.07, 6.45) is 0. The van der Waals surface area contributed by atoms with Crippen LogP contribution in [0.3, 0.4) is 0 Å². The molecular formula is C8H5Na2O7S. The number of aromatic carboxylic acids is 2. The largest absolute Gasteiger partial charge is 0 e. The Kier molecular flexibility index (Phi) is 6.51. The van der Waals surface area contributed by atoms with Gasteiger partial charge in [-0.2, -0.15) is 0 Å². The molecule has 0 unspecified atom stereocenters. The molecule has 7 nitrogen and oxygen atoms in total. The third-order valence-corrected chi connectivity index (χ3v) is 3.49. The molecule has 0 bridgehead atoms. The van der Waals surface area contributed by atoms with Gasteiger partial charge in [-0.15, -0.1) is 0 Å². The van der Waals surface area contributed by atoms with Crippen LogP contribution >= 0.6 is 0 Å². The fourth-order valence-electron chi connectivity index (χ4n) is 1.37. The summed E-state index contributed by atoms with van der Waals surface area (Å²) in [7, 11) is -4.92. The molecule has 0 heterocycles. The van der Waals surface area contributed by atoms with Crippen molar-refractivity contribution >= 4 is 82.4 Å². The molecular weight excluding hydrogens is 286 g/mol. The standard InChI is InChI=1S/C8H5O7S.2Na/c9-7(10)4-2-1-3-5(8(11)12)6(4)16(13,14)15;;/h2-3H,(H,9,10)(H,11,12)(H,13,14,15);;. The van der Waals surface area contributed by atoms with Crippen LogP contribution in [0.1, 0.15) is 20.7 Å². The monoisotopic (exact) mass is 291 g/mol. The maximum absolute atomic E-state index is 11.0. The Bertz CT molecular complexity index is 573. The third kappa shape index (κ3) is 4.04. The van der Waals surface area contributed by atoms with Gasteiger partial charge in [0.1, 0.15) is 0 Å². The van der Waals surface area contributed by atoms with Crippen LogP contribution in [0.25, 0.3) is 0 Å². The van der Waals surface area contributed by atoms with Crippen molar-refractivity contribution in [2.24, 2.45) is 0 Å². The minimum absolute atomic E-state index is 0. The molecule has 1 aromatic rings. The van der Waals surface area contributed by atoms with Gasteiger partial charge in [0.25, 0.3) is 0 Å². The molecule has 1 rings (SSSR count). The van der Waals surface area contributed by atoms with Gasteiger partial charge in [-0.25, -0.2) is 0 Å². The summed E-state index contributed by atoms with van der Waals surface area (Å²) in [5.74, 6) is -3.23. The van der Waals surface area contributed by atoms with Crippen molar-refractivity contribution < 1.29 is 32.8 Å². The first-order chi connectivity index (χ1) is 7.64. The number of carbonyl (C=O) groups is 2. The molecule has 0 aliphatic carbocycles. The number of hydrogen-bond donors (Lipinski definition) is 3. The molecule has 1 radical (unpaired) electrons. The van der Waals surface area contributed by atoms with Crippen LogP contribution in [0, 0.1) is 0 Å². The molecule has 0 spiro atoms. The molecule has 87 valence electrons. The number of carboxylic acid groups (broad SMARTS) is 2. The Morgan fingerprint density at radius 3 is 1.61 bits per heavy atom. The van der Waals surface area contributed by atoms with Gasteiger partial charge in [-0.3, -0.25) is 0 Å². The topological polar surface area (TPSA) is 129 Å². The Morgan fingerprint density at radius 1 is 1.06 bits per heavy atom. The van der Waals surface area contributed by atoms with E-state index in [9.17, 15) is 18.0 Å². The van der Waals surface area contributed by atoms with E-state index in [1.807, 2.05) is 0 Å². The smallest absolute Gasteiger partial charge is 0 e. The Morgan fingerprint density at radius 2 is 1.39 bits per heavy atom. The van der Waals surface area contributed by atoms with Crippen molar-refractivity contribution in [2.45, 2.75) is 4.90 Å². The molecule has 10 heteroatoms. The van der Waals surface area contributed by atoms with Crippen molar-refractivity contribution in [3.05, 3.63) is 23.3 Å². The van der Waals surface area contributed by atoms with Crippen LogP contribution in [0.4, 0.5) is 0 Å². The first-order valence-corrected chi connectivity index (χ1v) is 6.67. The SMILES string of the molecule is O=C(O)c1c[c]([Na])cc(C(=O)O)c1S(=O)(=O)O.[Na]. The van der Waals surface area contributed by atoms with E-state index in [0.717, 1.165) is 12.1 Å². The fourth-order valence-corrected chi connectivity index (χ4v) is 2.79. The average molecular weight is 291 g/mol. The average Bonchev–Trinajstić information content (AvgIpc) is 2.14. The van der Waals surface area contributed by atoms with E-state index >= 15 is 0 Å². The summed E-state index contributed by atoms with van der Waals surface area (Å²) in [5.41, 5.74) is -1.48. The second-order valence-corrected chi connectivity index (χ2v) is 5.79. The molecule has 18 heavy (non-hydrogen) atoms. The number of benzene rings is 1. The Hall–Kier alpha value is 0.0700. The van der Waals surface area contributed by atoms with Crippen molar-refractivity contribution in [1.82, 2.24) is 0 Å². The maximum atomic E-state index is 11.0. The van der Waals surface area contributed by atoms with Gasteiger partial charge < -0.3 is 0 Å². The molecule has 0 atom stereocenters. The predicted molar refractivity (Wildman–Crippen MR) is 61.3 cm³/mol. The van der Waals surface area contributed by atoms with Crippen molar-refractivity contribution in [2.75, 3.05) is 0 Å².